The third kappa shape index (κ3) is 2.15. The number of rotatable bonds is 1. The first-order valence-electron chi connectivity index (χ1n) is 6.96. The predicted molar refractivity (Wildman–Crippen MR) is 71.4 cm³/mol. The minimum absolute atomic E-state index is 0.235. The summed E-state index contributed by atoms with van der Waals surface area (Å²) >= 11 is 0. The Morgan fingerprint density at radius 1 is 1.17 bits per heavy atom. The standard InChI is InChI=1S/C15H20N2O/c18-15-14-8-4-1-5-12(14)11-16-9-10-17(15)13-6-2-3-7-13/h1,4-5,8,13,16H,2-3,6-7,9-11H2. The number of hydrogen-bond acceptors (Lipinski definition) is 2. The number of carbonyl (C=O) groups excluding carboxylic acids is 1. The van der Waals surface area contributed by atoms with Crippen molar-refractivity contribution < 1.29 is 4.79 Å². The molecule has 1 aliphatic carbocycles. The highest BCUT2D eigenvalue weighted by Crippen LogP contribution is 2.26. The molecule has 1 fully saturated rings. The highest BCUT2D eigenvalue weighted by molar-refractivity contribution is 5.96. The van der Waals surface area contributed by atoms with E-state index in [9.17, 15) is 4.79 Å². The van der Waals surface area contributed by atoms with Crippen LogP contribution in [0.3, 0.4) is 0 Å². The van der Waals surface area contributed by atoms with Gasteiger partial charge >= 0.3 is 0 Å². The molecule has 1 aliphatic heterocycles. The molecule has 2 aliphatic rings. The van der Waals surface area contributed by atoms with E-state index in [0.717, 1.165) is 30.8 Å². The van der Waals surface area contributed by atoms with E-state index in [1.54, 1.807) is 0 Å². The average Bonchev–Trinajstić information content (AvgIpc) is 2.90. The lowest BCUT2D eigenvalue weighted by Gasteiger charge is -2.31. The summed E-state index contributed by atoms with van der Waals surface area (Å²) in [5.74, 6) is 0.235. The predicted octanol–water partition coefficient (Wildman–Crippen LogP) is 2.17. The van der Waals surface area contributed by atoms with Gasteiger partial charge in [0, 0.05) is 31.2 Å². The molecule has 3 nitrogen and oxygen atoms in total. The van der Waals surface area contributed by atoms with Crippen molar-refractivity contribution in [2.75, 3.05) is 13.1 Å². The number of amides is 1. The third-order valence-electron chi connectivity index (χ3n) is 4.12. The van der Waals surface area contributed by atoms with Crippen LogP contribution in [0.25, 0.3) is 0 Å². The molecule has 18 heavy (non-hydrogen) atoms. The van der Waals surface area contributed by atoms with Gasteiger partial charge in [-0.2, -0.15) is 0 Å². The van der Waals surface area contributed by atoms with Crippen LogP contribution in [0.5, 0.6) is 0 Å². The Balaban J connectivity index is 1.91. The first-order chi connectivity index (χ1) is 8.86. The van der Waals surface area contributed by atoms with Crippen LogP contribution in [0.1, 0.15) is 41.6 Å². The molecule has 0 radical (unpaired) electrons. The van der Waals surface area contributed by atoms with E-state index in [1.807, 2.05) is 18.2 Å². The number of nitrogens with one attached hydrogen (secondary N) is 1. The maximum Gasteiger partial charge on any atom is 0.254 e. The summed E-state index contributed by atoms with van der Waals surface area (Å²) in [5.41, 5.74) is 2.02. The van der Waals surface area contributed by atoms with Gasteiger partial charge in [0.25, 0.3) is 5.91 Å². The van der Waals surface area contributed by atoms with E-state index in [-0.39, 0.29) is 5.91 Å². The average molecular weight is 244 g/mol. The highest BCUT2D eigenvalue weighted by atomic mass is 16.2. The van der Waals surface area contributed by atoms with Crippen LogP contribution in [0.4, 0.5) is 0 Å². The summed E-state index contributed by atoms with van der Waals surface area (Å²) in [4.78, 5) is 14.8. The molecule has 0 aromatic heterocycles. The fourth-order valence-corrected chi connectivity index (χ4v) is 3.13. The Kier molecular flexibility index (Phi) is 3.33. The zero-order valence-electron chi connectivity index (χ0n) is 10.7. The molecule has 1 aromatic carbocycles. The first kappa shape index (κ1) is 11.7. The number of carbonyl (C=O) groups is 1. The van der Waals surface area contributed by atoms with Crippen LogP contribution in [-0.4, -0.2) is 29.9 Å². The van der Waals surface area contributed by atoms with E-state index in [1.165, 1.54) is 25.7 Å². The molecular formula is C15H20N2O. The van der Waals surface area contributed by atoms with Crippen molar-refractivity contribution in [3.8, 4) is 0 Å². The molecule has 0 bridgehead atoms. The van der Waals surface area contributed by atoms with Crippen molar-refractivity contribution in [3.05, 3.63) is 35.4 Å². The molecule has 0 atom stereocenters. The Morgan fingerprint density at radius 2 is 1.94 bits per heavy atom. The molecule has 0 spiro atoms. The normalized spacial score (nSPS) is 21.6. The lowest BCUT2D eigenvalue weighted by atomic mass is 10.0. The molecule has 1 saturated carbocycles. The zero-order chi connectivity index (χ0) is 12.4. The summed E-state index contributed by atoms with van der Waals surface area (Å²) in [6.45, 7) is 2.55. The van der Waals surface area contributed by atoms with Crippen molar-refractivity contribution in [2.45, 2.75) is 38.3 Å². The molecule has 0 unspecified atom stereocenters. The number of hydrogen-bond donors (Lipinski definition) is 1. The lowest BCUT2D eigenvalue weighted by molar-refractivity contribution is 0.0676. The summed E-state index contributed by atoms with van der Waals surface area (Å²) in [6.07, 6.45) is 4.88. The second-order valence-electron chi connectivity index (χ2n) is 5.27. The van der Waals surface area contributed by atoms with Crippen LogP contribution in [0.15, 0.2) is 24.3 Å². The molecule has 1 N–H and O–H groups in total. The van der Waals surface area contributed by atoms with E-state index < -0.39 is 0 Å². The fraction of sp³-hybridized carbons (Fsp3) is 0.533. The van der Waals surface area contributed by atoms with Gasteiger partial charge in [-0.05, 0) is 24.5 Å². The smallest absolute Gasteiger partial charge is 0.254 e. The highest BCUT2D eigenvalue weighted by Gasteiger charge is 2.28. The summed E-state index contributed by atoms with van der Waals surface area (Å²) in [7, 11) is 0. The Morgan fingerprint density at radius 3 is 2.78 bits per heavy atom. The molecule has 1 aromatic rings. The van der Waals surface area contributed by atoms with E-state index >= 15 is 0 Å². The maximum absolute atomic E-state index is 12.7. The quantitative estimate of drug-likeness (QED) is 0.821. The third-order valence-corrected chi connectivity index (χ3v) is 4.12. The van der Waals surface area contributed by atoms with Gasteiger partial charge < -0.3 is 10.2 Å². The molecule has 3 heteroatoms. The van der Waals surface area contributed by atoms with Gasteiger partial charge in [-0.15, -0.1) is 0 Å². The summed E-state index contributed by atoms with van der Waals surface area (Å²) in [6, 6.07) is 8.45. The Hall–Kier alpha value is -1.35. The van der Waals surface area contributed by atoms with Crippen molar-refractivity contribution in [2.24, 2.45) is 0 Å². The minimum Gasteiger partial charge on any atom is -0.334 e. The van der Waals surface area contributed by atoms with Crippen molar-refractivity contribution >= 4 is 5.91 Å². The SMILES string of the molecule is O=C1c2ccccc2CNCCN1C1CCCC1. The number of fused-ring (bicyclic) bond motifs is 1. The van der Waals surface area contributed by atoms with Crippen LogP contribution in [0.2, 0.25) is 0 Å². The van der Waals surface area contributed by atoms with Crippen LogP contribution in [-0.2, 0) is 6.54 Å². The van der Waals surface area contributed by atoms with Crippen LogP contribution < -0.4 is 5.32 Å². The molecule has 0 saturated heterocycles. The second kappa shape index (κ2) is 5.11. The van der Waals surface area contributed by atoms with Gasteiger partial charge in [0.05, 0.1) is 0 Å². The lowest BCUT2D eigenvalue weighted by Crippen LogP contribution is -2.44. The minimum atomic E-state index is 0.235. The first-order valence-corrected chi connectivity index (χ1v) is 6.96. The van der Waals surface area contributed by atoms with Gasteiger partial charge in [-0.3, -0.25) is 4.79 Å². The molecule has 1 heterocycles. The van der Waals surface area contributed by atoms with Gasteiger partial charge in [-0.25, -0.2) is 0 Å². The van der Waals surface area contributed by atoms with E-state index in [4.69, 9.17) is 0 Å². The molecular weight excluding hydrogens is 224 g/mol. The van der Waals surface area contributed by atoms with Crippen molar-refractivity contribution in [1.82, 2.24) is 10.2 Å². The van der Waals surface area contributed by atoms with Crippen molar-refractivity contribution in [3.63, 3.8) is 0 Å². The summed E-state index contributed by atoms with van der Waals surface area (Å²) in [5, 5.41) is 3.42. The fourth-order valence-electron chi connectivity index (χ4n) is 3.13. The van der Waals surface area contributed by atoms with Gasteiger partial charge in [0.15, 0.2) is 0 Å². The maximum atomic E-state index is 12.7. The second-order valence-corrected chi connectivity index (χ2v) is 5.27. The largest absolute Gasteiger partial charge is 0.334 e. The van der Waals surface area contributed by atoms with Crippen LogP contribution in [0, 0.1) is 0 Å². The van der Waals surface area contributed by atoms with E-state index in [0.29, 0.717) is 6.04 Å². The van der Waals surface area contributed by atoms with Gasteiger partial charge in [-0.1, -0.05) is 31.0 Å². The molecule has 3 rings (SSSR count). The zero-order valence-corrected chi connectivity index (χ0v) is 10.7. The number of benzene rings is 1. The van der Waals surface area contributed by atoms with Crippen LogP contribution >= 0.6 is 0 Å². The Bertz CT molecular complexity index is 438. The number of nitrogens with zero attached hydrogens (tertiary/aromatic N) is 1. The summed E-state index contributed by atoms with van der Waals surface area (Å²) < 4.78 is 0. The van der Waals surface area contributed by atoms with Gasteiger partial charge in [0.1, 0.15) is 0 Å². The Labute approximate surface area is 108 Å². The van der Waals surface area contributed by atoms with Gasteiger partial charge in [0.2, 0.25) is 0 Å². The van der Waals surface area contributed by atoms with Crippen molar-refractivity contribution in [1.29, 1.82) is 0 Å². The molecule has 1 amide bonds. The monoisotopic (exact) mass is 244 g/mol. The van der Waals surface area contributed by atoms with E-state index in [2.05, 4.69) is 16.3 Å². The molecule has 96 valence electrons. The topological polar surface area (TPSA) is 32.3 Å².